The fourth-order valence-corrected chi connectivity index (χ4v) is 3.76. The van der Waals surface area contributed by atoms with Gasteiger partial charge in [0.1, 0.15) is 11.5 Å². The summed E-state index contributed by atoms with van der Waals surface area (Å²) in [6.45, 7) is 5.43. The average Bonchev–Trinajstić information content (AvgIpc) is 3.02. The molecule has 1 unspecified atom stereocenters. The maximum absolute atomic E-state index is 13.0. The third kappa shape index (κ3) is 4.80. The average molecular weight is 423 g/mol. The van der Waals surface area contributed by atoms with Crippen molar-refractivity contribution in [1.82, 2.24) is 9.80 Å². The summed E-state index contributed by atoms with van der Waals surface area (Å²) in [7, 11) is 3.84. The maximum Gasteiger partial charge on any atom is 0.295 e. The molecule has 1 amide bonds. The first-order valence-electron chi connectivity index (χ1n) is 10.6. The van der Waals surface area contributed by atoms with Gasteiger partial charge in [-0.3, -0.25) is 9.59 Å². The summed E-state index contributed by atoms with van der Waals surface area (Å²) in [6, 6.07) is 14.2. The van der Waals surface area contributed by atoms with Gasteiger partial charge in [0.25, 0.3) is 11.7 Å². The van der Waals surface area contributed by atoms with Gasteiger partial charge in [0, 0.05) is 18.7 Å². The monoisotopic (exact) mass is 422 g/mol. The number of rotatable bonds is 8. The largest absolute Gasteiger partial charge is 0.507 e. The summed E-state index contributed by atoms with van der Waals surface area (Å²) in [4.78, 5) is 29.5. The summed E-state index contributed by atoms with van der Waals surface area (Å²) >= 11 is 0. The van der Waals surface area contributed by atoms with Crippen LogP contribution < -0.4 is 4.74 Å². The Bertz CT molecular complexity index is 979. The minimum absolute atomic E-state index is 0.113. The van der Waals surface area contributed by atoms with Crippen molar-refractivity contribution in [3.63, 3.8) is 0 Å². The van der Waals surface area contributed by atoms with Gasteiger partial charge in [-0.2, -0.15) is 0 Å². The quantitative estimate of drug-likeness (QED) is 0.400. The number of carbonyl (C=O) groups is 2. The van der Waals surface area contributed by atoms with Crippen LogP contribution in [0.5, 0.6) is 5.75 Å². The van der Waals surface area contributed by atoms with E-state index in [0.717, 1.165) is 12.0 Å². The van der Waals surface area contributed by atoms with E-state index in [1.165, 1.54) is 5.56 Å². The van der Waals surface area contributed by atoms with E-state index in [9.17, 15) is 14.7 Å². The highest BCUT2D eigenvalue weighted by Gasteiger charge is 2.45. The molecule has 0 bridgehead atoms. The molecule has 1 aliphatic rings. The van der Waals surface area contributed by atoms with Crippen molar-refractivity contribution in [1.29, 1.82) is 0 Å². The van der Waals surface area contributed by atoms with Gasteiger partial charge in [-0.1, -0.05) is 43.3 Å². The molecule has 31 heavy (non-hydrogen) atoms. The van der Waals surface area contributed by atoms with E-state index in [1.807, 2.05) is 50.2 Å². The van der Waals surface area contributed by atoms with Gasteiger partial charge >= 0.3 is 0 Å². The Balaban J connectivity index is 2.12. The predicted molar refractivity (Wildman–Crippen MR) is 121 cm³/mol. The molecule has 0 aromatic heterocycles. The lowest BCUT2D eigenvalue weighted by atomic mass is 9.94. The molecule has 164 valence electrons. The molecule has 3 rings (SSSR count). The van der Waals surface area contributed by atoms with Gasteiger partial charge in [0.15, 0.2) is 0 Å². The van der Waals surface area contributed by atoms with E-state index in [2.05, 4.69) is 6.92 Å². The number of amides is 1. The van der Waals surface area contributed by atoms with Crippen molar-refractivity contribution in [2.75, 3.05) is 33.8 Å². The van der Waals surface area contributed by atoms with E-state index in [1.54, 1.807) is 29.2 Å². The minimum atomic E-state index is -0.664. The number of hydrogen-bond acceptors (Lipinski definition) is 5. The third-order valence-corrected chi connectivity index (χ3v) is 5.45. The molecule has 1 saturated heterocycles. The highest BCUT2D eigenvalue weighted by atomic mass is 16.5. The van der Waals surface area contributed by atoms with Crippen molar-refractivity contribution in [2.45, 2.75) is 26.3 Å². The highest BCUT2D eigenvalue weighted by molar-refractivity contribution is 6.46. The lowest BCUT2D eigenvalue weighted by molar-refractivity contribution is -0.140. The van der Waals surface area contributed by atoms with Crippen molar-refractivity contribution in [3.8, 4) is 5.75 Å². The Labute approximate surface area is 183 Å². The van der Waals surface area contributed by atoms with Crippen molar-refractivity contribution in [3.05, 3.63) is 70.8 Å². The Morgan fingerprint density at radius 1 is 1.10 bits per heavy atom. The number of nitrogens with zero attached hydrogens (tertiary/aromatic N) is 2. The second kappa shape index (κ2) is 9.79. The van der Waals surface area contributed by atoms with Crippen LogP contribution >= 0.6 is 0 Å². The van der Waals surface area contributed by atoms with E-state index in [4.69, 9.17) is 4.74 Å². The van der Waals surface area contributed by atoms with E-state index in [-0.39, 0.29) is 11.3 Å². The molecule has 1 fully saturated rings. The van der Waals surface area contributed by atoms with Crippen molar-refractivity contribution in [2.24, 2.45) is 0 Å². The number of likely N-dealkylation sites (tertiary alicyclic amines) is 1. The second-order valence-corrected chi connectivity index (χ2v) is 7.85. The number of ether oxygens (including phenoxy) is 1. The van der Waals surface area contributed by atoms with Gasteiger partial charge in [-0.25, -0.2) is 0 Å². The second-order valence-electron chi connectivity index (χ2n) is 7.85. The van der Waals surface area contributed by atoms with Crippen LogP contribution in [0.4, 0.5) is 0 Å². The smallest absolute Gasteiger partial charge is 0.295 e. The third-order valence-electron chi connectivity index (χ3n) is 5.45. The molecule has 6 heteroatoms. The number of carbonyl (C=O) groups excluding carboxylic acids is 2. The molecular formula is C25H30N2O4. The first-order valence-corrected chi connectivity index (χ1v) is 10.6. The zero-order valence-corrected chi connectivity index (χ0v) is 18.6. The van der Waals surface area contributed by atoms with Gasteiger partial charge in [0.2, 0.25) is 0 Å². The van der Waals surface area contributed by atoms with Crippen LogP contribution in [0.1, 0.15) is 36.6 Å². The van der Waals surface area contributed by atoms with E-state index < -0.39 is 17.7 Å². The minimum Gasteiger partial charge on any atom is -0.507 e. The summed E-state index contributed by atoms with van der Waals surface area (Å²) in [5.74, 6) is -0.842. The lowest BCUT2D eigenvalue weighted by Gasteiger charge is -2.26. The number of benzene rings is 2. The molecule has 1 N–H and O–H groups in total. The first kappa shape index (κ1) is 22.6. The molecule has 1 heterocycles. The summed E-state index contributed by atoms with van der Waals surface area (Å²) in [6.07, 6.45) is 0.894. The molecule has 0 radical (unpaired) electrons. The molecule has 0 aliphatic carbocycles. The van der Waals surface area contributed by atoms with Crippen molar-refractivity contribution < 1.29 is 19.4 Å². The van der Waals surface area contributed by atoms with Gasteiger partial charge in [-0.05, 0) is 50.7 Å². The van der Waals surface area contributed by atoms with E-state index >= 15 is 0 Å². The Kier molecular flexibility index (Phi) is 7.13. The zero-order chi connectivity index (χ0) is 22.5. The molecule has 0 spiro atoms. The van der Waals surface area contributed by atoms with Crippen molar-refractivity contribution >= 4 is 17.4 Å². The Morgan fingerprint density at radius 3 is 2.42 bits per heavy atom. The molecule has 1 atom stereocenters. The SMILES string of the molecule is CCOc1cccc(/C(O)=C2\C(=O)C(=O)N(CCN(C)C)C2c2ccc(CC)cc2)c1. The molecule has 0 saturated carbocycles. The lowest BCUT2D eigenvalue weighted by Crippen LogP contribution is -2.35. The number of aliphatic hydroxyl groups is 1. The molecular weight excluding hydrogens is 392 g/mol. The highest BCUT2D eigenvalue weighted by Crippen LogP contribution is 2.39. The number of ketones is 1. The van der Waals surface area contributed by atoms with Gasteiger partial charge in [0.05, 0.1) is 18.2 Å². The summed E-state index contributed by atoms with van der Waals surface area (Å²) in [5, 5.41) is 11.1. The fraction of sp³-hybridized carbons (Fsp3) is 0.360. The van der Waals surface area contributed by atoms with E-state index in [0.29, 0.717) is 31.0 Å². The molecule has 2 aromatic carbocycles. The predicted octanol–water partition coefficient (Wildman–Crippen LogP) is 3.63. The van der Waals surface area contributed by atoms with Crippen LogP contribution in [0, 0.1) is 0 Å². The van der Waals surface area contributed by atoms with Crippen LogP contribution in [-0.4, -0.2) is 60.4 Å². The molecule has 2 aromatic rings. The number of aryl methyl sites for hydroxylation is 1. The topological polar surface area (TPSA) is 70.1 Å². The van der Waals surface area contributed by atoms with Crippen LogP contribution in [-0.2, 0) is 16.0 Å². The Hall–Kier alpha value is -3.12. The van der Waals surface area contributed by atoms with Crippen LogP contribution in [0.2, 0.25) is 0 Å². The van der Waals surface area contributed by atoms with Crippen LogP contribution in [0.25, 0.3) is 5.76 Å². The molecule has 6 nitrogen and oxygen atoms in total. The standard InChI is InChI=1S/C25H30N2O4/c1-5-17-10-12-18(13-11-17)22-21(24(29)25(30)27(22)15-14-26(3)4)23(28)19-8-7-9-20(16-19)31-6-2/h7-13,16,22,28H,5-6,14-15H2,1-4H3/b23-21+. The first-order chi connectivity index (χ1) is 14.9. The maximum atomic E-state index is 13.0. The number of Topliss-reactive ketones (excluding diaryl/α,β-unsaturated/α-hetero) is 1. The number of aliphatic hydroxyl groups excluding tert-OH is 1. The molecule has 1 aliphatic heterocycles. The van der Waals surface area contributed by atoms with Gasteiger partial charge < -0.3 is 19.6 Å². The Morgan fingerprint density at radius 2 is 1.81 bits per heavy atom. The number of hydrogen-bond donors (Lipinski definition) is 1. The zero-order valence-electron chi connectivity index (χ0n) is 18.6. The fourth-order valence-electron chi connectivity index (χ4n) is 3.76. The summed E-state index contributed by atoms with van der Waals surface area (Å²) in [5.41, 5.74) is 2.53. The van der Waals surface area contributed by atoms with Crippen LogP contribution in [0.15, 0.2) is 54.1 Å². The van der Waals surface area contributed by atoms with Gasteiger partial charge in [-0.15, -0.1) is 0 Å². The summed E-state index contributed by atoms with van der Waals surface area (Å²) < 4.78 is 5.53. The normalized spacial score (nSPS) is 18.1. The number of likely N-dealkylation sites (N-methyl/N-ethyl adjacent to an activating group) is 1. The van der Waals surface area contributed by atoms with Crippen LogP contribution in [0.3, 0.4) is 0 Å².